The first-order valence-electron chi connectivity index (χ1n) is 2.13. The molecule has 0 unspecified atom stereocenters. The van der Waals surface area contributed by atoms with Gasteiger partial charge in [0.1, 0.15) is 0 Å². The van der Waals surface area contributed by atoms with Gasteiger partial charge in [-0.25, -0.2) is 6.08 Å². The third-order valence-corrected chi connectivity index (χ3v) is 0.565. The summed E-state index contributed by atoms with van der Waals surface area (Å²) in [6.45, 7) is 1.34. The zero-order valence-electron chi connectivity index (χ0n) is 5.37. The van der Waals surface area contributed by atoms with Crippen LogP contribution in [0.5, 0.6) is 0 Å². The number of nitrogens with two attached hydrogens (primary N) is 1. The Morgan fingerprint density at radius 3 is 2.67 bits per heavy atom. The van der Waals surface area contributed by atoms with Crippen LogP contribution in [0.1, 0.15) is 0 Å². The first-order chi connectivity index (χ1) is 3.81. The van der Waals surface area contributed by atoms with Crippen LogP contribution in [-0.4, -0.2) is 18.4 Å². The summed E-state index contributed by atoms with van der Waals surface area (Å²) < 4.78 is 0. The Morgan fingerprint density at radius 2 is 2.33 bits per heavy atom. The quantitative estimate of drug-likeness (QED) is 0.363. The van der Waals surface area contributed by atoms with Crippen molar-refractivity contribution in [2.45, 2.75) is 0 Å². The molecule has 0 aromatic carbocycles. The summed E-state index contributed by atoms with van der Waals surface area (Å²) in [6, 6.07) is 0. The van der Waals surface area contributed by atoms with Gasteiger partial charge in [0, 0.05) is 0 Å². The van der Waals surface area contributed by atoms with Gasteiger partial charge in [0.25, 0.3) is 0 Å². The summed E-state index contributed by atoms with van der Waals surface area (Å²) >= 11 is 0. The van der Waals surface area contributed by atoms with E-state index >= 15 is 0 Å². The number of carbonyl (C=O) groups excluding carboxylic acids is 1. The SMILES string of the molecule is CN([C-]=O)C=C[CH-]N.[Zn+2]. The molecule has 0 bridgehead atoms. The first kappa shape index (κ1) is 11.5. The molecule has 1 amide bonds. The van der Waals surface area contributed by atoms with Crippen molar-refractivity contribution in [2.75, 3.05) is 7.05 Å². The molecule has 0 aliphatic carbocycles. The fraction of sp³-hybridized carbons (Fsp3) is 0.200. The summed E-state index contributed by atoms with van der Waals surface area (Å²) in [4.78, 5) is 10.9. The van der Waals surface area contributed by atoms with E-state index < -0.39 is 0 Å². The predicted molar refractivity (Wildman–Crippen MR) is 31.1 cm³/mol. The van der Waals surface area contributed by atoms with Crippen LogP contribution in [0, 0.1) is 6.54 Å². The third kappa shape index (κ3) is 7.66. The molecule has 0 fully saturated rings. The average Bonchev–Trinajstić information content (AvgIpc) is 1.83. The van der Waals surface area contributed by atoms with E-state index in [0.29, 0.717) is 0 Å². The molecule has 0 spiro atoms. The van der Waals surface area contributed by atoms with Gasteiger partial charge in [-0.05, 0) is 7.05 Å². The Bertz CT molecular complexity index is 95.0. The van der Waals surface area contributed by atoms with Gasteiger partial charge < -0.3 is 15.4 Å². The van der Waals surface area contributed by atoms with Crippen molar-refractivity contribution in [3.05, 3.63) is 18.8 Å². The van der Waals surface area contributed by atoms with Crippen molar-refractivity contribution in [3.8, 4) is 0 Å². The summed E-state index contributed by atoms with van der Waals surface area (Å²) in [5, 5.41) is 0. The van der Waals surface area contributed by atoms with E-state index in [9.17, 15) is 4.79 Å². The summed E-state index contributed by atoms with van der Waals surface area (Å²) in [6.07, 6.45) is 4.67. The molecule has 0 saturated carbocycles. The summed E-state index contributed by atoms with van der Waals surface area (Å²) in [7, 11) is 1.58. The fourth-order valence-electron chi connectivity index (χ4n) is 0.209. The van der Waals surface area contributed by atoms with Crippen molar-refractivity contribution < 1.29 is 24.3 Å². The van der Waals surface area contributed by atoms with Crippen molar-refractivity contribution in [1.82, 2.24) is 4.90 Å². The molecule has 0 atom stereocenters. The number of nitrogens with zero attached hydrogens (tertiary/aromatic N) is 1. The maximum Gasteiger partial charge on any atom is 2.00 e. The van der Waals surface area contributed by atoms with Gasteiger partial charge in [0.15, 0.2) is 0 Å². The maximum absolute atomic E-state index is 9.71. The van der Waals surface area contributed by atoms with E-state index in [4.69, 9.17) is 5.73 Å². The van der Waals surface area contributed by atoms with Gasteiger partial charge in [-0.3, -0.25) is 0 Å². The van der Waals surface area contributed by atoms with Gasteiger partial charge in [-0.2, -0.15) is 12.7 Å². The molecule has 0 saturated heterocycles. The smallest absolute Gasteiger partial charge is 0.486 e. The van der Waals surface area contributed by atoms with Gasteiger partial charge in [0.2, 0.25) is 0 Å². The predicted octanol–water partition coefficient (Wildman–Crippen LogP) is -0.383. The standard InChI is InChI=1S/C5H8N2O.Zn/c1-7(5-8)4-2-3-6;/h2-4H,6H2,1H3;/q-2;+2. The number of amides is 1. The van der Waals surface area contributed by atoms with Crippen LogP contribution < -0.4 is 5.73 Å². The van der Waals surface area contributed by atoms with Gasteiger partial charge in [-0.15, -0.1) is 0 Å². The minimum absolute atomic E-state index is 0. The summed E-state index contributed by atoms with van der Waals surface area (Å²) in [5.41, 5.74) is 4.96. The Morgan fingerprint density at radius 1 is 1.78 bits per heavy atom. The van der Waals surface area contributed by atoms with E-state index in [1.807, 2.05) is 0 Å². The molecule has 3 nitrogen and oxygen atoms in total. The van der Waals surface area contributed by atoms with E-state index in [1.54, 1.807) is 19.5 Å². The van der Waals surface area contributed by atoms with E-state index in [1.165, 1.54) is 17.6 Å². The van der Waals surface area contributed by atoms with Crippen LogP contribution >= 0.6 is 0 Å². The molecule has 0 aromatic rings. The molecular weight excluding hydrogens is 169 g/mol. The second-order valence-corrected chi connectivity index (χ2v) is 1.24. The number of rotatable bonds is 3. The molecule has 4 heteroatoms. The van der Waals surface area contributed by atoms with Crippen molar-refractivity contribution in [1.29, 1.82) is 0 Å². The molecule has 9 heavy (non-hydrogen) atoms. The molecular formula is C5H8N2OZn. The van der Waals surface area contributed by atoms with Crippen molar-refractivity contribution in [3.63, 3.8) is 0 Å². The van der Waals surface area contributed by atoms with Crippen LogP contribution in [0.4, 0.5) is 0 Å². The van der Waals surface area contributed by atoms with Crippen LogP contribution in [0.2, 0.25) is 0 Å². The third-order valence-electron chi connectivity index (χ3n) is 0.565. The molecule has 46 valence electrons. The molecule has 0 radical (unpaired) electrons. The Balaban J connectivity index is 0. The van der Waals surface area contributed by atoms with E-state index in [2.05, 4.69) is 0 Å². The van der Waals surface area contributed by atoms with E-state index in [0.717, 1.165) is 0 Å². The van der Waals surface area contributed by atoms with E-state index in [-0.39, 0.29) is 19.5 Å². The molecule has 2 N–H and O–H groups in total. The monoisotopic (exact) mass is 176 g/mol. The first-order valence-corrected chi connectivity index (χ1v) is 2.13. The molecule has 0 aliphatic rings. The zero-order chi connectivity index (χ0) is 6.41. The molecule has 0 heterocycles. The largest absolute Gasteiger partial charge is 2.00 e. The van der Waals surface area contributed by atoms with Crippen LogP contribution in [0.15, 0.2) is 12.3 Å². The minimum Gasteiger partial charge on any atom is -0.486 e. The van der Waals surface area contributed by atoms with Crippen LogP contribution in [0.25, 0.3) is 0 Å². The zero-order valence-corrected chi connectivity index (χ0v) is 8.34. The second kappa shape index (κ2) is 7.66. The van der Waals surface area contributed by atoms with Crippen molar-refractivity contribution in [2.24, 2.45) is 5.73 Å². The summed E-state index contributed by atoms with van der Waals surface area (Å²) in [5.74, 6) is 0. The molecule has 0 aromatic heterocycles. The average molecular weight is 178 g/mol. The molecule has 0 aliphatic heterocycles. The number of hydrogen-bond acceptors (Lipinski definition) is 2. The van der Waals surface area contributed by atoms with Crippen LogP contribution in [-0.2, 0) is 24.3 Å². The Labute approximate surface area is 67.7 Å². The maximum atomic E-state index is 9.71. The van der Waals surface area contributed by atoms with Crippen molar-refractivity contribution >= 4 is 6.41 Å². The molecule has 0 rings (SSSR count). The van der Waals surface area contributed by atoms with Gasteiger partial charge in [-0.1, -0.05) is 0 Å². The van der Waals surface area contributed by atoms with Gasteiger partial charge in [0.05, 0.1) is 6.41 Å². The topological polar surface area (TPSA) is 46.3 Å². The number of hydrogen-bond donors (Lipinski definition) is 1. The van der Waals surface area contributed by atoms with Crippen LogP contribution in [0.3, 0.4) is 0 Å². The minimum atomic E-state index is 0. The normalized spacial score (nSPS) is 8.22. The van der Waals surface area contributed by atoms with Gasteiger partial charge >= 0.3 is 19.5 Å². The Kier molecular flexibility index (Phi) is 9.76. The fourth-order valence-corrected chi connectivity index (χ4v) is 0.209. The second-order valence-electron chi connectivity index (χ2n) is 1.24. The Hall–Kier alpha value is -0.337.